The molecule has 1 aliphatic heterocycles. The van der Waals surface area contributed by atoms with Crippen molar-refractivity contribution >= 4 is 33.0 Å². The summed E-state index contributed by atoms with van der Waals surface area (Å²) in [7, 11) is -3.74. The van der Waals surface area contributed by atoms with Crippen LogP contribution in [0.1, 0.15) is 23.3 Å². The fraction of sp³-hybridized carbons (Fsp3) is 0.294. The maximum absolute atomic E-state index is 12.5. The van der Waals surface area contributed by atoms with E-state index in [1.54, 1.807) is 24.3 Å². The minimum atomic E-state index is -3.74. The van der Waals surface area contributed by atoms with Crippen molar-refractivity contribution in [2.24, 2.45) is 0 Å². The Morgan fingerprint density at radius 1 is 1.24 bits per heavy atom. The minimum absolute atomic E-state index is 0.0398. The number of hydrogen-bond donors (Lipinski definition) is 1. The van der Waals surface area contributed by atoms with Gasteiger partial charge < -0.3 is 4.90 Å². The zero-order chi connectivity index (χ0) is 17.9. The van der Waals surface area contributed by atoms with E-state index in [1.165, 1.54) is 12.1 Å². The fourth-order valence-corrected chi connectivity index (χ4v) is 5.08. The van der Waals surface area contributed by atoms with E-state index >= 15 is 0 Å². The molecule has 8 heteroatoms. The molecule has 1 aromatic heterocycles. The molecule has 0 spiro atoms. The van der Waals surface area contributed by atoms with Gasteiger partial charge in [0.05, 0.1) is 23.7 Å². The van der Waals surface area contributed by atoms with Crippen LogP contribution in [-0.4, -0.2) is 32.3 Å². The largest absolute Gasteiger partial charge is 0.342 e. The van der Waals surface area contributed by atoms with Crippen LogP contribution in [0.2, 0.25) is 0 Å². The van der Waals surface area contributed by atoms with Gasteiger partial charge in [0.25, 0.3) is 10.0 Å². The number of amides is 1. The molecule has 1 saturated heterocycles. The summed E-state index contributed by atoms with van der Waals surface area (Å²) in [5.41, 5.74) is 0.713. The summed E-state index contributed by atoms with van der Waals surface area (Å²) >= 11 is 1.09. The van der Waals surface area contributed by atoms with Gasteiger partial charge in [-0.3, -0.25) is 9.52 Å². The van der Waals surface area contributed by atoms with Gasteiger partial charge in [0.1, 0.15) is 4.21 Å². The number of nitriles is 1. The smallest absolute Gasteiger partial charge is 0.271 e. The number of carbonyl (C=O) groups excluding carboxylic acids is 1. The molecule has 1 N–H and O–H groups in total. The Hall–Kier alpha value is -2.37. The lowest BCUT2D eigenvalue weighted by Gasteiger charge is -2.14. The number of nitrogens with one attached hydrogen (secondary N) is 1. The van der Waals surface area contributed by atoms with Crippen LogP contribution >= 0.6 is 11.3 Å². The highest BCUT2D eigenvalue weighted by atomic mass is 32.2. The number of hydrogen-bond acceptors (Lipinski definition) is 5. The number of likely N-dealkylation sites (tertiary alicyclic amines) is 1. The predicted octanol–water partition coefficient (Wildman–Crippen LogP) is 2.59. The molecule has 130 valence electrons. The van der Waals surface area contributed by atoms with Gasteiger partial charge >= 0.3 is 0 Å². The summed E-state index contributed by atoms with van der Waals surface area (Å²) in [6.07, 6.45) is 2.28. The van der Waals surface area contributed by atoms with Gasteiger partial charge in [-0.1, -0.05) is 6.07 Å². The predicted molar refractivity (Wildman–Crippen MR) is 95.8 cm³/mol. The van der Waals surface area contributed by atoms with Gasteiger partial charge in [-0.15, -0.1) is 11.3 Å². The highest BCUT2D eigenvalue weighted by Gasteiger charge is 2.21. The zero-order valence-corrected chi connectivity index (χ0v) is 15.1. The molecular formula is C17H17N3O3S2. The molecule has 0 radical (unpaired) electrons. The van der Waals surface area contributed by atoms with Crippen LogP contribution in [-0.2, 0) is 21.2 Å². The molecule has 1 aromatic carbocycles. The van der Waals surface area contributed by atoms with Crippen molar-refractivity contribution < 1.29 is 13.2 Å². The van der Waals surface area contributed by atoms with Gasteiger partial charge in [-0.2, -0.15) is 5.26 Å². The molecule has 0 atom stereocenters. The second-order valence-electron chi connectivity index (χ2n) is 5.78. The minimum Gasteiger partial charge on any atom is -0.342 e. The van der Waals surface area contributed by atoms with E-state index in [0.29, 0.717) is 11.3 Å². The molecule has 0 aliphatic carbocycles. The highest BCUT2D eigenvalue weighted by molar-refractivity contribution is 7.94. The molecule has 6 nitrogen and oxygen atoms in total. The van der Waals surface area contributed by atoms with Gasteiger partial charge in [0, 0.05) is 18.0 Å². The first-order valence-corrected chi connectivity index (χ1v) is 10.2. The number of sulfonamides is 1. The molecule has 25 heavy (non-hydrogen) atoms. The van der Waals surface area contributed by atoms with Gasteiger partial charge in [-0.25, -0.2) is 8.42 Å². The average Bonchev–Trinajstić information content (AvgIpc) is 3.26. The lowest BCUT2D eigenvalue weighted by atomic mass is 10.2. The Bertz CT molecular complexity index is 923. The monoisotopic (exact) mass is 375 g/mol. The van der Waals surface area contributed by atoms with Crippen LogP contribution in [0.4, 0.5) is 5.69 Å². The number of nitrogens with zero attached hydrogens (tertiary/aromatic N) is 2. The number of benzene rings is 1. The van der Waals surface area contributed by atoms with E-state index in [-0.39, 0.29) is 16.5 Å². The number of anilines is 1. The molecule has 0 bridgehead atoms. The van der Waals surface area contributed by atoms with Crippen molar-refractivity contribution in [3.63, 3.8) is 0 Å². The van der Waals surface area contributed by atoms with Crippen molar-refractivity contribution in [2.45, 2.75) is 23.5 Å². The zero-order valence-electron chi connectivity index (χ0n) is 13.4. The highest BCUT2D eigenvalue weighted by Crippen LogP contribution is 2.25. The van der Waals surface area contributed by atoms with Crippen LogP contribution < -0.4 is 4.72 Å². The lowest BCUT2D eigenvalue weighted by Crippen LogP contribution is -2.28. The van der Waals surface area contributed by atoms with Crippen molar-refractivity contribution in [3.8, 4) is 6.07 Å². The standard InChI is InChI=1S/C17H17N3O3S2/c18-12-13-4-3-5-14(10-13)19-25(22,23)17-7-6-15(24-17)11-16(21)20-8-1-2-9-20/h3-7,10,19H,1-2,8-9,11H2. The van der Waals surface area contributed by atoms with Gasteiger partial charge in [-0.05, 0) is 43.2 Å². The van der Waals surface area contributed by atoms with Crippen LogP contribution in [0, 0.1) is 11.3 Å². The maximum Gasteiger partial charge on any atom is 0.271 e. The van der Waals surface area contributed by atoms with Crippen LogP contribution in [0.25, 0.3) is 0 Å². The van der Waals surface area contributed by atoms with Crippen molar-refractivity contribution in [2.75, 3.05) is 17.8 Å². The Morgan fingerprint density at radius 3 is 2.72 bits per heavy atom. The van der Waals surface area contributed by atoms with E-state index in [4.69, 9.17) is 5.26 Å². The third-order valence-corrected chi connectivity index (χ3v) is 6.89. The first-order chi connectivity index (χ1) is 12.0. The molecule has 0 saturated carbocycles. The van der Waals surface area contributed by atoms with Gasteiger partial charge in [0.15, 0.2) is 0 Å². The van der Waals surface area contributed by atoms with E-state index in [1.807, 2.05) is 11.0 Å². The second kappa shape index (κ2) is 7.25. The SMILES string of the molecule is N#Cc1cccc(NS(=O)(=O)c2ccc(CC(=O)N3CCCC3)s2)c1. The number of carbonyl (C=O) groups is 1. The summed E-state index contributed by atoms with van der Waals surface area (Å²) in [5.74, 6) is 0.0398. The molecular weight excluding hydrogens is 358 g/mol. The quantitative estimate of drug-likeness (QED) is 0.870. The fourth-order valence-electron chi connectivity index (χ4n) is 2.68. The van der Waals surface area contributed by atoms with E-state index in [2.05, 4.69) is 4.72 Å². The van der Waals surface area contributed by atoms with Crippen molar-refractivity contribution in [1.29, 1.82) is 5.26 Å². The molecule has 2 aromatic rings. The molecule has 1 fully saturated rings. The van der Waals surface area contributed by atoms with E-state index in [9.17, 15) is 13.2 Å². The molecule has 1 amide bonds. The van der Waals surface area contributed by atoms with Crippen LogP contribution in [0.3, 0.4) is 0 Å². The lowest BCUT2D eigenvalue weighted by molar-refractivity contribution is -0.129. The second-order valence-corrected chi connectivity index (χ2v) is 8.86. The Kier molecular flexibility index (Phi) is 5.06. The first-order valence-electron chi connectivity index (χ1n) is 7.87. The summed E-state index contributed by atoms with van der Waals surface area (Å²) in [6.45, 7) is 1.57. The van der Waals surface area contributed by atoms with E-state index in [0.717, 1.165) is 42.1 Å². The third-order valence-electron chi connectivity index (χ3n) is 3.93. The first kappa shape index (κ1) is 17.5. The summed E-state index contributed by atoms with van der Waals surface area (Å²) in [4.78, 5) is 14.7. The Morgan fingerprint density at radius 2 is 2.00 bits per heavy atom. The van der Waals surface area contributed by atoms with Crippen molar-refractivity contribution in [3.05, 3.63) is 46.8 Å². The molecule has 2 heterocycles. The van der Waals surface area contributed by atoms with Crippen LogP contribution in [0.15, 0.2) is 40.6 Å². The summed E-state index contributed by atoms with van der Waals surface area (Å²) in [6, 6.07) is 11.4. The topological polar surface area (TPSA) is 90.3 Å². The molecule has 0 unspecified atom stereocenters. The summed E-state index contributed by atoms with van der Waals surface area (Å²) < 4.78 is 27.6. The van der Waals surface area contributed by atoms with Crippen LogP contribution in [0.5, 0.6) is 0 Å². The summed E-state index contributed by atoms with van der Waals surface area (Å²) in [5, 5.41) is 8.89. The van der Waals surface area contributed by atoms with Gasteiger partial charge in [0.2, 0.25) is 5.91 Å². The maximum atomic E-state index is 12.5. The molecule has 1 aliphatic rings. The molecule has 3 rings (SSSR count). The number of rotatable bonds is 5. The third kappa shape index (κ3) is 4.18. The Balaban J connectivity index is 1.71. The van der Waals surface area contributed by atoms with Crippen molar-refractivity contribution in [1.82, 2.24) is 4.90 Å². The van der Waals surface area contributed by atoms with E-state index < -0.39 is 10.0 Å². The number of thiophene rings is 1. The Labute approximate surface area is 150 Å². The normalized spacial score (nSPS) is 14.3. The average molecular weight is 375 g/mol.